The molecule has 0 saturated carbocycles. The molecule has 0 aliphatic rings. The van der Waals surface area contributed by atoms with Gasteiger partial charge < -0.3 is 5.11 Å². The highest BCUT2D eigenvalue weighted by Gasteiger charge is 2.04. The van der Waals surface area contributed by atoms with Gasteiger partial charge in [-0.25, -0.2) is 0 Å². The van der Waals surface area contributed by atoms with Crippen LogP contribution in [0.15, 0.2) is 0 Å². The normalized spacial score (nSPS) is 10.2. The van der Waals surface area contributed by atoms with Gasteiger partial charge in [0.25, 0.3) is 0 Å². The molecule has 1 nitrogen and oxygen atoms in total. The first-order valence-corrected chi connectivity index (χ1v) is 3.91. The summed E-state index contributed by atoms with van der Waals surface area (Å²) in [6.07, 6.45) is 0. The average molecular weight is 144 g/mol. The Labute approximate surface area is 60.8 Å². The Morgan fingerprint density at radius 1 is 1.56 bits per heavy atom. The zero-order valence-corrected chi connectivity index (χ0v) is 6.88. The maximum Gasteiger partial charge on any atom is 0.120 e. The van der Waals surface area contributed by atoms with Crippen molar-refractivity contribution in [1.82, 2.24) is 0 Å². The quantitative estimate of drug-likeness (QED) is 0.562. The van der Waals surface area contributed by atoms with E-state index in [9.17, 15) is 0 Å². The Morgan fingerprint density at radius 2 is 2.11 bits per heavy atom. The van der Waals surface area contributed by atoms with Crippen molar-refractivity contribution in [2.75, 3.05) is 5.75 Å². The third-order valence-corrected chi connectivity index (χ3v) is 1.11. The lowest BCUT2D eigenvalue weighted by Gasteiger charge is -2.05. The predicted octanol–water partition coefficient (Wildman–Crippen LogP) is 1.47. The molecule has 0 aromatic heterocycles. The molecule has 0 unspecified atom stereocenters. The van der Waals surface area contributed by atoms with Crippen LogP contribution in [0.25, 0.3) is 0 Å². The standard InChI is InChI=1S/C7H12OS/c1-4-9-6-5-7(2,3)8/h8H,4H2,1-3H3. The van der Waals surface area contributed by atoms with Crippen LogP contribution in [0.1, 0.15) is 20.8 Å². The second-order valence-corrected chi connectivity index (χ2v) is 3.29. The molecule has 0 atom stereocenters. The van der Waals surface area contributed by atoms with Crippen LogP contribution in [-0.4, -0.2) is 16.5 Å². The second kappa shape index (κ2) is 3.81. The minimum Gasteiger partial charge on any atom is -0.378 e. The number of aliphatic hydroxyl groups is 1. The average Bonchev–Trinajstić information content (AvgIpc) is 1.63. The zero-order chi connectivity index (χ0) is 7.33. The summed E-state index contributed by atoms with van der Waals surface area (Å²) in [6.45, 7) is 5.39. The van der Waals surface area contributed by atoms with Crippen LogP contribution in [0.2, 0.25) is 0 Å². The van der Waals surface area contributed by atoms with Crippen molar-refractivity contribution in [3.8, 4) is 11.2 Å². The van der Waals surface area contributed by atoms with E-state index in [1.165, 1.54) is 11.8 Å². The van der Waals surface area contributed by atoms with Crippen molar-refractivity contribution in [2.24, 2.45) is 0 Å². The second-order valence-electron chi connectivity index (χ2n) is 2.22. The summed E-state index contributed by atoms with van der Waals surface area (Å²) in [4.78, 5) is 0. The molecular weight excluding hydrogens is 132 g/mol. The van der Waals surface area contributed by atoms with Crippen molar-refractivity contribution in [2.45, 2.75) is 26.4 Å². The van der Waals surface area contributed by atoms with Gasteiger partial charge in [0.05, 0.1) is 0 Å². The predicted molar refractivity (Wildman–Crippen MR) is 42.2 cm³/mol. The molecule has 0 heterocycles. The smallest absolute Gasteiger partial charge is 0.120 e. The number of rotatable bonds is 1. The molecule has 1 N–H and O–H groups in total. The molecular formula is C7H12OS. The van der Waals surface area contributed by atoms with Gasteiger partial charge in [0.2, 0.25) is 0 Å². The van der Waals surface area contributed by atoms with Crippen molar-refractivity contribution in [3.05, 3.63) is 0 Å². The molecule has 2 heteroatoms. The van der Waals surface area contributed by atoms with E-state index in [1.807, 2.05) is 6.92 Å². The van der Waals surface area contributed by atoms with E-state index in [1.54, 1.807) is 13.8 Å². The van der Waals surface area contributed by atoms with Crippen molar-refractivity contribution < 1.29 is 5.11 Å². The zero-order valence-electron chi connectivity index (χ0n) is 6.06. The third-order valence-electron chi connectivity index (χ3n) is 0.573. The molecule has 0 amide bonds. The van der Waals surface area contributed by atoms with Gasteiger partial charge >= 0.3 is 0 Å². The van der Waals surface area contributed by atoms with Crippen LogP contribution in [-0.2, 0) is 0 Å². The summed E-state index contributed by atoms with van der Waals surface area (Å²) in [5, 5.41) is 11.8. The summed E-state index contributed by atoms with van der Waals surface area (Å²) in [5.74, 6) is 3.67. The molecule has 0 aromatic carbocycles. The summed E-state index contributed by atoms with van der Waals surface area (Å²) in [7, 11) is 0. The van der Waals surface area contributed by atoms with E-state index < -0.39 is 5.60 Å². The minimum atomic E-state index is -0.831. The Morgan fingerprint density at radius 3 is 2.44 bits per heavy atom. The lowest BCUT2D eigenvalue weighted by atomic mass is 10.2. The van der Waals surface area contributed by atoms with Crippen LogP contribution < -0.4 is 0 Å². The lowest BCUT2D eigenvalue weighted by molar-refractivity contribution is 0.144. The first kappa shape index (κ1) is 8.87. The van der Waals surface area contributed by atoms with Crippen LogP contribution in [0, 0.1) is 11.2 Å². The van der Waals surface area contributed by atoms with E-state index in [0.717, 1.165) is 5.75 Å². The van der Waals surface area contributed by atoms with E-state index in [-0.39, 0.29) is 0 Å². The molecule has 0 radical (unpaired) electrons. The molecule has 0 rings (SSSR count). The van der Waals surface area contributed by atoms with Crippen LogP contribution in [0.5, 0.6) is 0 Å². The van der Waals surface area contributed by atoms with E-state index in [2.05, 4.69) is 11.2 Å². The van der Waals surface area contributed by atoms with Crippen LogP contribution >= 0.6 is 11.8 Å². The van der Waals surface area contributed by atoms with Gasteiger partial charge in [-0.1, -0.05) is 24.6 Å². The van der Waals surface area contributed by atoms with Gasteiger partial charge in [-0.15, -0.1) is 0 Å². The third kappa shape index (κ3) is 7.87. The van der Waals surface area contributed by atoms with Crippen LogP contribution in [0.3, 0.4) is 0 Å². The maximum atomic E-state index is 9.06. The Bertz CT molecular complexity index is 124. The van der Waals surface area contributed by atoms with Crippen molar-refractivity contribution in [1.29, 1.82) is 0 Å². The van der Waals surface area contributed by atoms with Gasteiger partial charge in [-0.3, -0.25) is 0 Å². The molecule has 0 spiro atoms. The SMILES string of the molecule is CCSC#CC(C)(C)O. The Kier molecular flexibility index (Phi) is 3.76. The molecule has 0 aliphatic heterocycles. The van der Waals surface area contributed by atoms with Gasteiger partial charge in [0.15, 0.2) is 0 Å². The summed E-state index contributed by atoms with van der Waals surface area (Å²) < 4.78 is 0. The number of thioether (sulfide) groups is 1. The highest BCUT2D eigenvalue weighted by molar-refractivity contribution is 8.03. The fourth-order valence-corrected chi connectivity index (χ4v) is 0.699. The highest BCUT2D eigenvalue weighted by Crippen LogP contribution is 2.00. The largest absolute Gasteiger partial charge is 0.378 e. The summed E-state index contributed by atoms with van der Waals surface area (Å²) >= 11 is 1.51. The first-order chi connectivity index (χ1) is 4.06. The minimum absolute atomic E-state index is 0.831. The van der Waals surface area contributed by atoms with Crippen molar-refractivity contribution in [3.63, 3.8) is 0 Å². The van der Waals surface area contributed by atoms with Crippen molar-refractivity contribution >= 4 is 11.8 Å². The van der Waals surface area contributed by atoms with E-state index in [4.69, 9.17) is 5.11 Å². The van der Waals surface area contributed by atoms with Gasteiger partial charge in [0, 0.05) is 5.75 Å². The van der Waals surface area contributed by atoms with Gasteiger partial charge in [0.1, 0.15) is 5.60 Å². The fourth-order valence-electron chi connectivity index (χ4n) is 0.233. The monoisotopic (exact) mass is 144 g/mol. The maximum absolute atomic E-state index is 9.06. The number of hydrogen-bond donors (Lipinski definition) is 1. The van der Waals surface area contributed by atoms with Gasteiger partial charge in [-0.2, -0.15) is 0 Å². The first-order valence-electron chi connectivity index (χ1n) is 2.92. The fraction of sp³-hybridized carbons (Fsp3) is 0.714. The Balaban J connectivity index is 3.59. The van der Waals surface area contributed by atoms with Crippen LogP contribution in [0.4, 0.5) is 0 Å². The lowest BCUT2D eigenvalue weighted by Crippen LogP contribution is -2.14. The Hall–Kier alpha value is -0.130. The highest BCUT2D eigenvalue weighted by atomic mass is 32.2. The molecule has 0 fully saturated rings. The summed E-state index contributed by atoms with van der Waals surface area (Å²) in [6, 6.07) is 0. The summed E-state index contributed by atoms with van der Waals surface area (Å²) in [5.41, 5.74) is -0.831. The molecule has 0 aliphatic carbocycles. The topological polar surface area (TPSA) is 20.2 Å². The molecule has 0 aromatic rings. The number of hydrogen-bond acceptors (Lipinski definition) is 2. The molecule has 0 bridgehead atoms. The van der Waals surface area contributed by atoms with E-state index >= 15 is 0 Å². The molecule has 52 valence electrons. The van der Waals surface area contributed by atoms with E-state index in [0.29, 0.717) is 0 Å². The van der Waals surface area contributed by atoms with Gasteiger partial charge in [-0.05, 0) is 19.1 Å². The molecule has 9 heavy (non-hydrogen) atoms. The molecule has 0 saturated heterocycles.